The summed E-state index contributed by atoms with van der Waals surface area (Å²) in [5.41, 5.74) is 9.00. The lowest BCUT2D eigenvalue weighted by atomic mass is 10.0. The van der Waals surface area contributed by atoms with E-state index in [0.29, 0.717) is 5.56 Å². The van der Waals surface area contributed by atoms with Crippen LogP contribution in [0.5, 0.6) is 0 Å². The average molecular weight is 286 g/mol. The van der Waals surface area contributed by atoms with Gasteiger partial charge in [-0.15, -0.1) is 0 Å². The third-order valence-corrected chi connectivity index (χ3v) is 3.57. The first kappa shape index (κ1) is 15.3. The summed E-state index contributed by atoms with van der Waals surface area (Å²) in [6.45, 7) is 4.09. The maximum Gasteiger partial charge on any atom is 0.242 e. The van der Waals surface area contributed by atoms with Crippen molar-refractivity contribution in [2.75, 3.05) is 0 Å². The zero-order valence-corrected chi connectivity index (χ0v) is 12.7. The van der Waals surface area contributed by atoms with E-state index in [2.05, 4.69) is 10.4 Å². The van der Waals surface area contributed by atoms with E-state index < -0.39 is 6.04 Å². The van der Waals surface area contributed by atoms with Gasteiger partial charge in [0.25, 0.3) is 0 Å². The zero-order valence-electron chi connectivity index (χ0n) is 12.7. The van der Waals surface area contributed by atoms with E-state index in [4.69, 9.17) is 5.73 Å². The number of aromatic nitrogens is 2. The molecule has 3 N–H and O–H groups in total. The lowest BCUT2D eigenvalue weighted by molar-refractivity contribution is -0.123. The van der Waals surface area contributed by atoms with Crippen LogP contribution in [0.3, 0.4) is 0 Å². The first-order valence-corrected chi connectivity index (χ1v) is 7.12. The molecule has 112 valence electrons. The minimum Gasteiger partial charge on any atom is -0.348 e. The molecule has 2 rings (SSSR count). The maximum atomic E-state index is 12.3. The van der Waals surface area contributed by atoms with Gasteiger partial charge in [0.1, 0.15) is 6.04 Å². The van der Waals surface area contributed by atoms with Crippen LogP contribution in [0.2, 0.25) is 0 Å². The van der Waals surface area contributed by atoms with Gasteiger partial charge in [0.15, 0.2) is 0 Å². The van der Waals surface area contributed by atoms with E-state index in [1.165, 1.54) is 5.56 Å². The van der Waals surface area contributed by atoms with E-state index in [0.717, 1.165) is 12.0 Å². The number of nitrogens with two attached hydrogens (primary N) is 1. The first-order valence-electron chi connectivity index (χ1n) is 7.12. The van der Waals surface area contributed by atoms with Crippen molar-refractivity contribution < 1.29 is 4.79 Å². The highest BCUT2D eigenvalue weighted by molar-refractivity contribution is 5.83. The largest absolute Gasteiger partial charge is 0.348 e. The van der Waals surface area contributed by atoms with E-state index in [1.807, 2.05) is 38.1 Å². The Kier molecular flexibility index (Phi) is 4.75. The molecule has 21 heavy (non-hydrogen) atoms. The van der Waals surface area contributed by atoms with Gasteiger partial charge >= 0.3 is 0 Å². The number of nitrogens with one attached hydrogen (secondary N) is 1. The van der Waals surface area contributed by atoms with Crippen molar-refractivity contribution in [2.45, 2.75) is 32.4 Å². The fourth-order valence-electron chi connectivity index (χ4n) is 2.23. The molecule has 2 aromatic rings. The Balaban J connectivity index is 2.07. The number of rotatable bonds is 5. The standard InChI is InChI=1S/C16H22N4O/c1-4-14(12-7-5-11(2)6-8-12)19-16(21)15(17)13-9-18-20(3)10-13/h5-10,14-15H,4,17H2,1-3H3,(H,19,21). The number of hydrogen-bond acceptors (Lipinski definition) is 3. The van der Waals surface area contributed by atoms with Crippen molar-refractivity contribution in [3.63, 3.8) is 0 Å². The molecule has 0 saturated heterocycles. The molecule has 0 aliphatic carbocycles. The van der Waals surface area contributed by atoms with Crippen molar-refractivity contribution in [1.82, 2.24) is 15.1 Å². The summed E-state index contributed by atoms with van der Waals surface area (Å²) in [7, 11) is 1.80. The minimum atomic E-state index is -0.696. The minimum absolute atomic E-state index is 0.0270. The number of nitrogens with zero attached hydrogens (tertiary/aromatic N) is 2. The summed E-state index contributed by atoms with van der Waals surface area (Å²) in [6.07, 6.45) is 4.20. The topological polar surface area (TPSA) is 72.9 Å². The normalized spacial score (nSPS) is 13.7. The molecule has 0 saturated carbocycles. The molecule has 0 bridgehead atoms. The Labute approximate surface area is 125 Å². The van der Waals surface area contributed by atoms with Crippen LogP contribution in [0.15, 0.2) is 36.7 Å². The van der Waals surface area contributed by atoms with Crippen molar-refractivity contribution in [1.29, 1.82) is 0 Å². The van der Waals surface area contributed by atoms with Crippen molar-refractivity contribution in [2.24, 2.45) is 12.8 Å². The predicted molar refractivity (Wildman–Crippen MR) is 82.5 cm³/mol. The molecule has 1 aromatic carbocycles. The fraction of sp³-hybridized carbons (Fsp3) is 0.375. The van der Waals surface area contributed by atoms with Gasteiger partial charge in [-0.1, -0.05) is 36.8 Å². The monoisotopic (exact) mass is 286 g/mol. The highest BCUT2D eigenvalue weighted by Gasteiger charge is 2.20. The van der Waals surface area contributed by atoms with Crippen LogP contribution in [0.25, 0.3) is 0 Å². The van der Waals surface area contributed by atoms with Gasteiger partial charge in [-0.3, -0.25) is 9.48 Å². The van der Waals surface area contributed by atoms with E-state index in [1.54, 1.807) is 24.1 Å². The summed E-state index contributed by atoms with van der Waals surface area (Å²) in [4.78, 5) is 12.3. The fourth-order valence-corrected chi connectivity index (χ4v) is 2.23. The van der Waals surface area contributed by atoms with Gasteiger partial charge in [0.05, 0.1) is 12.2 Å². The van der Waals surface area contributed by atoms with Gasteiger partial charge in [-0.25, -0.2) is 0 Å². The van der Waals surface area contributed by atoms with Crippen LogP contribution in [-0.4, -0.2) is 15.7 Å². The van der Waals surface area contributed by atoms with Crippen LogP contribution in [-0.2, 0) is 11.8 Å². The van der Waals surface area contributed by atoms with Gasteiger partial charge < -0.3 is 11.1 Å². The van der Waals surface area contributed by atoms with Crippen molar-refractivity contribution in [3.05, 3.63) is 53.3 Å². The number of amides is 1. The summed E-state index contributed by atoms with van der Waals surface area (Å²) >= 11 is 0. The van der Waals surface area contributed by atoms with Crippen LogP contribution in [0.1, 0.15) is 42.1 Å². The highest BCUT2D eigenvalue weighted by atomic mass is 16.2. The molecule has 1 aromatic heterocycles. The summed E-state index contributed by atoms with van der Waals surface area (Å²) < 4.78 is 1.64. The Morgan fingerprint density at radius 3 is 2.52 bits per heavy atom. The Morgan fingerprint density at radius 2 is 2.00 bits per heavy atom. The molecule has 2 unspecified atom stereocenters. The third kappa shape index (κ3) is 3.70. The first-order chi connectivity index (χ1) is 10.0. The molecule has 0 aliphatic rings. The zero-order chi connectivity index (χ0) is 15.4. The molecule has 2 atom stereocenters. The van der Waals surface area contributed by atoms with Crippen LogP contribution in [0, 0.1) is 6.92 Å². The number of carbonyl (C=O) groups is 1. The number of carbonyl (C=O) groups excluding carboxylic acids is 1. The molecule has 0 spiro atoms. The molecular formula is C16H22N4O. The maximum absolute atomic E-state index is 12.3. The van der Waals surface area contributed by atoms with E-state index in [9.17, 15) is 4.79 Å². The average Bonchev–Trinajstić information content (AvgIpc) is 2.91. The lowest BCUT2D eigenvalue weighted by Crippen LogP contribution is -2.36. The van der Waals surface area contributed by atoms with Crippen LogP contribution in [0.4, 0.5) is 0 Å². The molecule has 0 aliphatic heterocycles. The van der Waals surface area contributed by atoms with Gasteiger partial charge in [0, 0.05) is 18.8 Å². The molecule has 1 amide bonds. The smallest absolute Gasteiger partial charge is 0.242 e. The second kappa shape index (κ2) is 6.54. The number of aryl methyl sites for hydroxylation is 2. The predicted octanol–water partition coefficient (Wildman–Crippen LogP) is 2.00. The molecule has 0 fully saturated rings. The third-order valence-electron chi connectivity index (χ3n) is 3.57. The molecule has 5 heteroatoms. The van der Waals surface area contributed by atoms with Gasteiger partial charge in [-0.2, -0.15) is 5.10 Å². The Bertz CT molecular complexity index is 603. The molecule has 1 heterocycles. The second-order valence-corrected chi connectivity index (χ2v) is 5.31. The SMILES string of the molecule is CCC(NC(=O)C(N)c1cnn(C)c1)c1ccc(C)cc1. The van der Waals surface area contributed by atoms with Crippen molar-refractivity contribution >= 4 is 5.91 Å². The molecular weight excluding hydrogens is 264 g/mol. The van der Waals surface area contributed by atoms with Crippen LogP contribution < -0.4 is 11.1 Å². The Morgan fingerprint density at radius 1 is 1.33 bits per heavy atom. The van der Waals surface area contributed by atoms with E-state index >= 15 is 0 Å². The molecule has 0 radical (unpaired) electrons. The van der Waals surface area contributed by atoms with Crippen LogP contribution >= 0.6 is 0 Å². The van der Waals surface area contributed by atoms with Gasteiger partial charge in [0.2, 0.25) is 5.91 Å². The lowest BCUT2D eigenvalue weighted by Gasteiger charge is -2.20. The second-order valence-electron chi connectivity index (χ2n) is 5.31. The number of hydrogen-bond donors (Lipinski definition) is 2. The summed E-state index contributed by atoms with van der Waals surface area (Å²) in [5.74, 6) is -0.185. The molecule has 5 nitrogen and oxygen atoms in total. The Hall–Kier alpha value is -2.14. The summed E-state index contributed by atoms with van der Waals surface area (Å²) in [5, 5.41) is 7.05. The highest BCUT2D eigenvalue weighted by Crippen LogP contribution is 2.19. The summed E-state index contributed by atoms with van der Waals surface area (Å²) in [6, 6.07) is 7.45. The van der Waals surface area contributed by atoms with E-state index in [-0.39, 0.29) is 11.9 Å². The van der Waals surface area contributed by atoms with Crippen molar-refractivity contribution in [3.8, 4) is 0 Å². The quantitative estimate of drug-likeness (QED) is 0.883. The number of benzene rings is 1. The van der Waals surface area contributed by atoms with Gasteiger partial charge in [-0.05, 0) is 18.9 Å².